The first-order valence-corrected chi connectivity index (χ1v) is 9.39. The lowest BCUT2D eigenvalue weighted by Crippen LogP contribution is -2.36. The van der Waals surface area contributed by atoms with Crippen molar-refractivity contribution in [2.45, 2.75) is 0 Å². The number of carbonyl (C=O) groups excluding carboxylic acids is 2. The molecule has 3 aromatic rings. The van der Waals surface area contributed by atoms with Crippen molar-refractivity contribution in [3.63, 3.8) is 0 Å². The maximum Gasteiger partial charge on any atom is 0.246 e. The molecule has 30 heavy (non-hydrogen) atoms. The van der Waals surface area contributed by atoms with Crippen molar-refractivity contribution in [2.24, 2.45) is 0 Å². The van der Waals surface area contributed by atoms with Crippen LogP contribution < -0.4 is 0 Å². The van der Waals surface area contributed by atoms with Gasteiger partial charge in [0.1, 0.15) is 5.82 Å². The van der Waals surface area contributed by atoms with Crippen molar-refractivity contribution < 1.29 is 14.0 Å². The second kappa shape index (κ2) is 9.17. The lowest BCUT2D eigenvalue weighted by Gasteiger charge is -2.17. The molecule has 0 saturated carbocycles. The van der Waals surface area contributed by atoms with E-state index in [2.05, 4.69) is 5.10 Å². The van der Waals surface area contributed by atoms with E-state index in [0.29, 0.717) is 11.3 Å². The molecule has 0 N–H and O–H groups in total. The predicted octanol–water partition coefficient (Wildman–Crippen LogP) is 3.24. The first-order valence-electron chi connectivity index (χ1n) is 9.39. The van der Waals surface area contributed by atoms with Crippen molar-refractivity contribution >= 4 is 17.9 Å². The van der Waals surface area contributed by atoms with E-state index in [1.807, 2.05) is 36.5 Å². The molecular weight excluding hydrogens is 383 g/mol. The topological polar surface area (TPSA) is 58.4 Å². The molecule has 1 aromatic heterocycles. The Balaban J connectivity index is 1.91. The van der Waals surface area contributed by atoms with Crippen LogP contribution in [0.5, 0.6) is 0 Å². The number of para-hydroxylation sites is 1. The molecule has 6 nitrogen and oxygen atoms in total. The van der Waals surface area contributed by atoms with Crippen LogP contribution in [0, 0.1) is 5.82 Å². The number of hydrogen-bond acceptors (Lipinski definition) is 3. The predicted molar refractivity (Wildman–Crippen MR) is 114 cm³/mol. The van der Waals surface area contributed by atoms with Gasteiger partial charge in [0.15, 0.2) is 0 Å². The maximum atomic E-state index is 13.4. The highest BCUT2D eigenvalue weighted by Gasteiger charge is 2.14. The molecule has 0 aliphatic carbocycles. The van der Waals surface area contributed by atoms with Crippen LogP contribution in [0.15, 0.2) is 66.9 Å². The molecule has 0 aliphatic rings. The highest BCUT2D eigenvalue weighted by Crippen LogP contribution is 2.25. The second-order valence-electron chi connectivity index (χ2n) is 7.04. The summed E-state index contributed by atoms with van der Waals surface area (Å²) >= 11 is 0. The van der Waals surface area contributed by atoms with Gasteiger partial charge in [0.05, 0.1) is 17.9 Å². The van der Waals surface area contributed by atoms with Crippen molar-refractivity contribution in [3.05, 3.63) is 78.3 Å². The molecule has 3 rings (SSSR count). The maximum absolute atomic E-state index is 13.4. The van der Waals surface area contributed by atoms with E-state index >= 15 is 0 Å². The van der Waals surface area contributed by atoms with Crippen LogP contribution in [-0.4, -0.2) is 59.1 Å². The smallest absolute Gasteiger partial charge is 0.246 e. The molecule has 7 heteroatoms. The number of rotatable bonds is 6. The molecule has 0 spiro atoms. The van der Waals surface area contributed by atoms with Gasteiger partial charge < -0.3 is 9.80 Å². The molecule has 0 aliphatic heterocycles. The van der Waals surface area contributed by atoms with Gasteiger partial charge in [-0.1, -0.05) is 18.2 Å². The lowest BCUT2D eigenvalue weighted by molar-refractivity contribution is -0.135. The summed E-state index contributed by atoms with van der Waals surface area (Å²) in [6.07, 6.45) is 4.87. The Kier molecular flexibility index (Phi) is 6.41. The molecule has 0 atom stereocenters. The summed E-state index contributed by atoms with van der Waals surface area (Å²) < 4.78 is 15.1. The zero-order chi connectivity index (χ0) is 21.7. The summed E-state index contributed by atoms with van der Waals surface area (Å²) in [4.78, 5) is 27.0. The van der Waals surface area contributed by atoms with Gasteiger partial charge in [-0.05, 0) is 42.5 Å². The van der Waals surface area contributed by atoms with Crippen LogP contribution in [0.4, 0.5) is 4.39 Å². The lowest BCUT2D eigenvalue weighted by atomic mass is 10.1. The van der Waals surface area contributed by atoms with Crippen LogP contribution in [0.25, 0.3) is 23.0 Å². The van der Waals surface area contributed by atoms with E-state index in [1.165, 1.54) is 28.0 Å². The van der Waals surface area contributed by atoms with Gasteiger partial charge >= 0.3 is 0 Å². The van der Waals surface area contributed by atoms with Gasteiger partial charge in [-0.2, -0.15) is 5.10 Å². The average molecular weight is 406 g/mol. The van der Waals surface area contributed by atoms with E-state index in [1.54, 1.807) is 44.0 Å². The zero-order valence-electron chi connectivity index (χ0n) is 17.1. The van der Waals surface area contributed by atoms with Crippen LogP contribution in [0.3, 0.4) is 0 Å². The Morgan fingerprint density at radius 1 is 1.03 bits per heavy atom. The standard InChI is InChI=1S/C23H23FN4O2/c1-26(2)22(30)16-27(3)21(29)14-11-18-15-28(20-7-5-4-6-8-20)25-23(18)17-9-12-19(24)13-10-17/h4-15H,16H2,1-3H3/b14-11+. The minimum absolute atomic E-state index is 0.00965. The molecule has 2 amide bonds. The van der Waals surface area contributed by atoms with Crippen LogP contribution in [-0.2, 0) is 9.59 Å². The zero-order valence-corrected chi connectivity index (χ0v) is 17.1. The van der Waals surface area contributed by atoms with Gasteiger partial charge in [0, 0.05) is 44.5 Å². The summed E-state index contributed by atoms with van der Waals surface area (Å²) in [7, 11) is 4.86. The van der Waals surface area contributed by atoms with Crippen LogP contribution in [0.1, 0.15) is 5.56 Å². The summed E-state index contributed by atoms with van der Waals surface area (Å²) in [6.45, 7) is -0.00965. The fourth-order valence-electron chi connectivity index (χ4n) is 2.76. The molecule has 0 fully saturated rings. The second-order valence-corrected chi connectivity index (χ2v) is 7.04. The highest BCUT2D eigenvalue weighted by molar-refractivity contribution is 5.95. The van der Waals surface area contributed by atoms with E-state index in [0.717, 1.165) is 11.3 Å². The summed E-state index contributed by atoms with van der Waals surface area (Å²) in [6, 6.07) is 15.6. The first-order chi connectivity index (χ1) is 14.3. The quantitative estimate of drug-likeness (QED) is 0.591. The number of benzene rings is 2. The van der Waals surface area contributed by atoms with E-state index in [4.69, 9.17) is 0 Å². The van der Waals surface area contributed by atoms with E-state index < -0.39 is 0 Å². The SMILES string of the molecule is CN(C)C(=O)CN(C)C(=O)/C=C/c1cn(-c2ccccc2)nc1-c1ccc(F)cc1. The molecule has 0 saturated heterocycles. The number of nitrogens with zero attached hydrogens (tertiary/aromatic N) is 4. The van der Waals surface area contributed by atoms with Gasteiger partial charge in [-0.25, -0.2) is 9.07 Å². The minimum Gasteiger partial charge on any atom is -0.347 e. The van der Waals surface area contributed by atoms with Crippen molar-refractivity contribution in [1.29, 1.82) is 0 Å². The van der Waals surface area contributed by atoms with Gasteiger partial charge in [-0.15, -0.1) is 0 Å². The number of carbonyl (C=O) groups is 2. The Hall–Kier alpha value is -3.74. The first kappa shape index (κ1) is 21.0. The molecule has 0 radical (unpaired) electrons. The molecule has 0 unspecified atom stereocenters. The van der Waals surface area contributed by atoms with Gasteiger partial charge in [0.25, 0.3) is 0 Å². The van der Waals surface area contributed by atoms with Gasteiger partial charge in [0.2, 0.25) is 11.8 Å². The fraction of sp³-hybridized carbons (Fsp3) is 0.174. The number of aromatic nitrogens is 2. The van der Waals surface area contributed by atoms with Crippen molar-refractivity contribution in [3.8, 4) is 16.9 Å². The normalized spacial score (nSPS) is 10.9. The van der Waals surface area contributed by atoms with Crippen molar-refractivity contribution in [1.82, 2.24) is 19.6 Å². The number of likely N-dealkylation sites (N-methyl/N-ethyl adjacent to an activating group) is 2. The molecule has 2 aromatic carbocycles. The Morgan fingerprint density at radius 2 is 1.70 bits per heavy atom. The number of amides is 2. The largest absolute Gasteiger partial charge is 0.347 e. The third kappa shape index (κ3) is 5.00. The Labute approximate surface area is 174 Å². The van der Waals surface area contributed by atoms with Crippen LogP contribution >= 0.6 is 0 Å². The Bertz CT molecular complexity index is 1060. The van der Waals surface area contributed by atoms with Gasteiger partial charge in [-0.3, -0.25) is 9.59 Å². The molecule has 0 bridgehead atoms. The number of halogens is 1. The number of hydrogen-bond donors (Lipinski definition) is 0. The third-order valence-electron chi connectivity index (χ3n) is 4.53. The monoisotopic (exact) mass is 406 g/mol. The molecule has 1 heterocycles. The van der Waals surface area contributed by atoms with Crippen molar-refractivity contribution in [2.75, 3.05) is 27.7 Å². The molecular formula is C23H23FN4O2. The summed E-state index contributed by atoms with van der Waals surface area (Å²) in [5, 5.41) is 4.63. The average Bonchev–Trinajstić information content (AvgIpc) is 3.17. The Morgan fingerprint density at radius 3 is 2.33 bits per heavy atom. The summed E-state index contributed by atoms with van der Waals surface area (Å²) in [5.74, 6) is -0.799. The third-order valence-corrected chi connectivity index (χ3v) is 4.53. The van der Waals surface area contributed by atoms with E-state index in [-0.39, 0.29) is 24.2 Å². The minimum atomic E-state index is -0.333. The van der Waals surface area contributed by atoms with E-state index in [9.17, 15) is 14.0 Å². The molecule has 154 valence electrons. The van der Waals surface area contributed by atoms with Crippen LogP contribution in [0.2, 0.25) is 0 Å². The summed E-state index contributed by atoms with van der Waals surface area (Å²) in [5.41, 5.74) is 2.91. The highest BCUT2D eigenvalue weighted by atomic mass is 19.1. The fourth-order valence-corrected chi connectivity index (χ4v) is 2.76.